The molecule has 124 valence electrons. The van der Waals surface area contributed by atoms with E-state index in [4.69, 9.17) is 11.6 Å². The van der Waals surface area contributed by atoms with E-state index >= 15 is 0 Å². The van der Waals surface area contributed by atoms with Gasteiger partial charge in [-0.25, -0.2) is 4.98 Å². The molecular formula is C20H15ClN2OS. The summed E-state index contributed by atoms with van der Waals surface area (Å²) in [5.74, 6) is 0. The molecule has 0 aliphatic carbocycles. The summed E-state index contributed by atoms with van der Waals surface area (Å²) in [6, 6.07) is 14.4. The monoisotopic (exact) mass is 366 g/mol. The van der Waals surface area contributed by atoms with E-state index in [2.05, 4.69) is 27.8 Å². The number of halogens is 1. The maximum atomic E-state index is 10.9. The molecule has 2 unspecified atom stereocenters. The van der Waals surface area contributed by atoms with Crippen molar-refractivity contribution in [2.24, 2.45) is 0 Å². The number of imidazole rings is 1. The highest BCUT2D eigenvalue weighted by molar-refractivity contribution is 7.17. The van der Waals surface area contributed by atoms with Crippen LogP contribution in [0.4, 0.5) is 0 Å². The van der Waals surface area contributed by atoms with Crippen LogP contribution in [0.15, 0.2) is 60.4 Å². The van der Waals surface area contributed by atoms with E-state index in [9.17, 15) is 5.11 Å². The SMILES string of the molecule is OC(CC1c2ccccc2-c2cncn21)c1cc2ccsc2cc1Cl. The molecule has 1 aliphatic heterocycles. The highest BCUT2D eigenvalue weighted by Crippen LogP contribution is 2.44. The Hall–Kier alpha value is -2.14. The Morgan fingerprint density at radius 2 is 2.12 bits per heavy atom. The van der Waals surface area contributed by atoms with Crippen molar-refractivity contribution in [3.05, 3.63) is 76.5 Å². The van der Waals surface area contributed by atoms with Crippen molar-refractivity contribution in [2.75, 3.05) is 0 Å². The van der Waals surface area contributed by atoms with Gasteiger partial charge < -0.3 is 9.67 Å². The summed E-state index contributed by atoms with van der Waals surface area (Å²) in [4.78, 5) is 4.28. The predicted octanol–water partition coefficient (Wildman–Crippen LogP) is 5.44. The Bertz CT molecular complexity index is 1080. The van der Waals surface area contributed by atoms with Crippen LogP contribution in [-0.2, 0) is 0 Å². The van der Waals surface area contributed by atoms with Crippen LogP contribution in [0.5, 0.6) is 0 Å². The smallest absolute Gasteiger partial charge is 0.0956 e. The van der Waals surface area contributed by atoms with Gasteiger partial charge in [0.05, 0.1) is 30.4 Å². The molecule has 0 bridgehead atoms. The van der Waals surface area contributed by atoms with E-state index in [0.717, 1.165) is 21.3 Å². The van der Waals surface area contributed by atoms with Gasteiger partial charge in [-0.3, -0.25) is 0 Å². The fourth-order valence-electron chi connectivity index (χ4n) is 3.77. The molecule has 0 fully saturated rings. The number of benzene rings is 2. The van der Waals surface area contributed by atoms with Crippen LogP contribution in [0.2, 0.25) is 5.02 Å². The average molecular weight is 367 g/mol. The lowest BCUT2D eigenvalue weighted by atomic mass is 9.95. The summed E-state index contributed by atoms with van der Waals surface area (Å²) in [5.41, 5.74) is 4.31. The zero-order valence-corrected chi connectivity index (χ0v) is 14.8. The second-order valence-electron chi connectivity index (χ2n) is 6.37. The van der Waals surface area contributed by atoms with Gasteiger partial charge in [-0.2, -0.15) is 0 Å². The summed E-state index contributed by atoms with van der Waals surface area (Å²) in [6.45, 7) is 0. The lowest BCUT2D eigenvalue weighted by Crippen LogP contribution is -2.11. The van der Waals surface area contributed by atoms with Gasteiger partial charge in [0, 0.05) is 21.7 Å². The highest BCUT2D eigenvalue weighted by Gasteiger charge is 2.30. The Kier molecular flexibility index (Phi) is 3.45. The molecule has 0 saturated carbocycles. The van der Waals surface area contributed by atoms with Gasteiger partial charge in [-0.05, 0) is 40.1 Å². The lowest BCUT2D eigenvalue weighted by molar-refractivity contribution is 0.154. The first-order valence-corrected chi connectivity index (χ1v) is 9.44. The molecule has 25 heavy (non-hydrogen) atoms. The third-order valence-electron chi connectivity index (χ3n) is 4.97. The maximum absolute atomic E-state index is 10.9. The minimum absolute atomic E-state index is 0.0675. The second-order valence-corrected chi connectivity index (χ2v) is 7.73. The number of nitrogens with zero attached hydrogens (tertiary/aromatic N) is 2. The Morgan fingerprint density at radius 1 is 1.24 bits per heavy atom. The van der Waals surface area contributed by atoms with E-state index in [1.54, 1.807) is 11.3 Å². The molecule has 1 N–H and O–H groups in total. The quantitative estimate of drug-likeness (QED) is 0.524. The number of aliphatic hydroxyl groups is 1. The van der Waals surface area contributed by atoms with Crippen molar-refractivity contribution < 1.29 is 5.11 Å². The van der Waals surface area contributed by atoms with Crippen LogP contribution < -0.4 is 0 Å². The van der Waals surface area contributed by atoms with Gasteiger partial charge in [0.15, 0.2) is 0 Å². The first kappa shape index (κ1) is 15.1. The summed E-state index contributed by atoms with van der Waals surface area (Å²) >= 11 is 8.11. The maximum Gasteiger partial charge on any atom is 0.0956 e. The van der Waals surface area contributed by atoms with Crippen molar-refractivity contribution >= 4 is 33.0 Å². The van der Waals surface area contributed by atoms with Crippen LogP contribution in [0, 0.1) is 0 Å². The molecule has 0 radical (unpaired) electrons. The van der Waals surface area contributed by atoms with Crippen LogP contribution in [0.1, 0.15) is 29.7 Å². The summed E-state index contributed by atoms with van der Waals surface area (Å²) in [7, 11) is 0. The number of hydrogen-bond acceptors (Lipinski definition) is 3. The first-order chi connectivity index (χ1) is 12.2. The number of thiophene rings is 1. The summed E-state index contributed by atoms with van der Waals surface area (Å²) < 4.78 is 3.29. The predicted molar refractivity (Wildman–Crippen MR) is 102 cm³/mol. The van der Waals surface area contributed by atoms with Crippen LogP contribution >= 0.6 is 22.9 Å². The van der Waals surface area contributed by atoms with Gasteiger partial charge in [0.25, 0.3) is 0 Å². The normalized spacial score (nSPS) is 16.8. The topological polar surface area (TPSA) is 38.1 Å². The van der Waals surface area contributed by atoms with Crippen molar-refractivity contribution in [3.8, 4) is 11.3 Å². The molecule has 0 spiro atoms. The van der Waals surface area contributed by atoms with E-state index < -0.39 is 6.10 Å². The van der Waals surface area contributed by atoms with Gasteiger partial charge in [-0.15, -0.1) is 11.3 Å². The number of fused-ring (bicyclic) bond motifs is 4. The Morgan fingerprint density at radius 3 is 3.04 bits per heavy atom. The lowest BCUT2D eigenvalue weighted by Gasteiger charge is -2.20. The van der Waals surface area contributed by atoms with Gasteiger partial charge >= 0.3 is 0 Å². The van der Waals surface area contributed by atoms with Crippen LogP contribution in [0.25, 0.3) is 21.3 Å². The van der Waals surface area contributed by atoms with Crippen molar-refractivity contribution in [2.45, 2.75) is 18.6 Å². The van der Waals surface area contributed by atoms with Gasteiger partial charge in [0.1, 0.15) is 0 Å². The molecule has 2 aromatic heterocycles. The highest BCUT2D eigenvalue weighted by atomic mass is 35.5. The van der Waals surface area contributed by atoms with Crippen molar-refractivity contribution in [1.82, 2.24) is 9.55 Å². The molecule has 5 heteroatoms. The number of rotatable bonds is 3. The van der Waals surface area contributed by atoms with Crippen LogP contribution in [0.3, 0.4) is 0 Å². The molecule has 3 heterocycles. The molecule has 3 nitrogen and oxygen atoms in total. The third-order valence-corrected chi connectivity index (χ3v) is 6.18. The summed E-state index contributed by atoms with van der Waals surface area (Å²) in [5, 5.41) is 14.7. The second kappa shape index (κ2) is 5.70. The fraction of sp³-hybridized carbons (Fsp3) is 0.150. The van der Waals surface area contributed by atoms with E-state index in [-0.39, 0.29) is 6.04 Å². The third kappa shape index (κ3) is 2.33. The zero-order valence-electron chi connectivity index (χ0n) is 13.3. The van der Waals surface area contributed by atoms with Gasteiger partial charge in [-0.1, -0.05) is 35.9 Å². The fourth-order valence-corrected chi connectivity index (χ4v) is 4.93. The Labute approximate surface area is 154 Å². The molecule has 5 rings (SSSR count). The van der Waals surface area contributed by atoms with Crippen molar-refractivity contribution in [3.63, 3.8) is 0 Å². The first-order valence-electron chi connectivity index (χ1n) is 8.18. The molecule has 2 atom stereocenters. The summed E-state index contributed by atoms with van der Waals surface area (Å²) in [6.07, 6.45) is 3.66. The molecule has 0 saturated heterocycles. The Balaban J connectivity index is 1.53. The number of hydrogen-bond donors (Lipinski definition) is 1. The molecule has 1 aliphatic rings. The average Bonchev–Trinajstić information content (AvgIpc) is 3.31. The van der Waals surface area contributed by atoms with E-state index in [1.165, 1.54) is 11.1 Å². The van der Waals surface area contributed by atoms with Crippen molar-refractivity contribution in [1.29, 1.82) is 0 Å². The molecule has 4 aromatic rings. The zero-order chi connectivity index (χ0) is 17.0. The number of aromatic nitrogens is 2. The molecule has 0 amide bonds. The van der Waals surface area contributed by atoms with E-state index in [0.29, 0.717) is 11.4 Å². The minimum atomic E-state index is -0.636. The molecular weight excluding hydrogens is 352 g/mol. The minimum Gasteiger partial charge on any atom is -0.388 e. The number of aliphatic hydroxyl groups excluding tert-OH is 1. The van der Waals surface area contributed by atoms with E-state index in [1.807, 2.05) is 42.2 Å². The largest absolute Gasteiger partial charge is 0.388 e. The molecule has 2 aromatic carbocycles. The standard InChI is InChI=1S/C20H15ClN2OS/c21-16-8-20-12(5-6-25-20)7-15(16)19(24)9-17-13-3-1-2-4-14(13)18-10-22-11-23(17)18/h1-8,10-11,17,19,24H,9H2. The van der Waals surface area contributed by atoms with Gasteiger partial charge in [0.2, 0.25) is 0 Å². The van der Waals surface area contributed by atoms with Crippen LogP contribution in [-0.4, -0.2) is 14.7 Å².